The number of ether oxygens (including phenoxy) is 1. The Labute approximate surface area is 156 Å². The second-order valence-corrected chi connectivity index (χ2v) is 7.01. The van der Waals surface area contributed by atoms with E-state index >= 15 is 0 Å². The molecular formula is C19H22N2O6. The summed E-state index contributed by atoms with van der Waals surface area (Å²) >= 11 is 0. The highest BCUT2D eigenvalue weighted by molar-refractivity contribution is 5.97. The topological polar surface area (TPSA) is 119 Å². The van der Waals surface area contributed by atoms with Crippen LogP contribution >= 0.6 is 0 Å². The van der Waals surface area contributed by atoms with Crippen LogP contribution in [0.3, 0.4) is 0 Å². The summed E-state index contributed by atoms with van der Waals surface area (Å²) in [4.78, 5) is 39.0. The number of amides is 1. The zero-order valence-corrected chi connectivity index (χ0v) is 15.6. The van der Waals surface area contributed by atoms with Crippen LogP contribution in [0.2, 0.25) is 0 Å². The number of nitrogens with zero attached hydrogens (tertiary/aromatic N) is 1. The minimum atomic E-state index is -1.19. The van der Waals surface area contributed by atoms with E-state index in [1.807, 2.05) is 0 Å². The lowest BCUT2D eigenvalue weighted by Gasteiger charge is -2.22. The zero-order chi connectivity index (χ0) is 20.2. The Balaban J connectivity index is 2.04. The second-order valence-electron chi connectivity index (χ2n) is 7.01. The number of hydrogen-bond donors (Lipinski definition) is 2. The monoisotopic (exact) mass is 374 g/mol. The number of carboxylic acids is 1. The minimum absolute atomic E-state index is 0.137. The van der Waals surface area contributed by atoms with Crippen LogP contribution in [0.15, 0.2) is 35.1 Å². The fraction of sp³-hybridized carbons (Fsp3) is 0.368. The Kier molecular flexibility index (Phi) is 5.99. The number of hydrogen-bond acceptors (Lipinski definition) is 6. The number of oxazole rings is 1. The summed E-state index contributed by atoms with van der Waals surface area (Å²) in [5.74, 6) is -3.05. The van der Waals surface area contributed by atoms with Crippen molar-refractivity contribution in [2.24, 2.45) is 5.92 Å². The molecule has 2 aromatic rings. The van der Waals surface area contributed by atoms with Crippen molar-refractivity contribution in [3.8, 4) is 11.3 Å². The second kappa shape index (κ2) is 8.03. The van der Waals surface area contributed by atoms with E-state index in [2.05, 4.69) is 10.3 Å². The maximum absolute atomic E-state index is 12.2. The van der Waals surface area contributed by atoms with Gasteiger partial charge in [-0.1, -0.05) is 18.2 Å². The largest absolute Gasteiger partial charge is 0.476 e. The molecule has 1 unspecified atom stereocenters. The Morgan fingerprint density at radius 2 is 2.00 bits per heavy atom. The Morgan fingerprint density at radius 3 is 2.63 bits per heavy atom. The number of nitrogens with one attached hydrogen (secondary N) is 1. The highest BCUT2D eigenvalue weighted by Crippen LogP contribution is 2.24. The van der Waals surface area contributed by atoms with Gasteiger partial charge in [-0.25, -0.2) is 9.78 Å². The Morgan fingerprint density at radius 1 is 1.30 bits per heavy atom. The summed E-state index contributed by atoms with van der Waals surface area (Å²) in [5, 5.41) is 11.8. The molecule has 8 heteroatoms. The van der Waals surface area contributed by atoms with E-state index in [1.54, 1.807) is 45.0 Å². The molecule has 0 saturated carbocycles. The molecule has 1 heterocycles. The lowest BCUT2D eigenvalue weighted by molar-refractivity contribution is -0.161. The summed E-state index contributed by atoms with van der Waals surface area (Å²) in [7, 11) is 0. The molecule has 0 aliphatic carbocycles. The van der Waals surface area contributed by atoms with Gasteiger partial charge < -0.3 is 19.6 Å². The standard InChI is InChI=1S/C19H22N2O6/c1-11(18(25)27-19(2,3)4)16(22)20-9-12-6-5-7-13(8-12)15-14(17(23)24)21-10-26-15/h5-8,10-11H,9H2,1-4H3,(H,20,22)(H,23,24). The normalized spacial score (nSPS) is 12.3. The molecule has 1 amide bonds. The molecule has 0 saturated heterocycles. The lowest BCUT2D eigenvalue weighted by atomic mass is 10.1. The predicted octanol–water partition coefficient (Wildman–Crippen LogP) is 2.63. The Bertz CT molecular complexity index is 850. The van der Waals surface area contributed by atoms with Crippen LogP contribution in [0, 0.1) is 5.92 Å². The van der Waals surface area contributed by atoms with E-state index in [0.29, 0.717) is 11.1 Å². The van der Waals surface area contributed by atoms with Crippen molar-refractivity contribution in [2.75, 3.05) is 0 Å². The van der Waals surface area contributed by atoms with Crippen molar-refractivity contribution >= 4 is 17.8 Å². The molecule has 27 heavy (non-hydrogen) atoms. The van der Waals surface area contributed by atoms with Crippen molar-refractivity contribution < 1.29 is 28.6 Å². The van der Waals surface area contributed by atoms with Gasteiger partial charge in [0.2, 0.25) is 5.91 Å². The number of aromatic carboxylic acids is 1. The molecular weight excluding hydrogens is 352 g/mol. The van der Waals surface area contributed by atoms with Crippen molar-refractivity contribution in [1.29, 1.82) is 0 Å². The maximum Gasteiger partial charge on any atom is 0.358 e. The zero-order valence-electron chi connectivity index (χ0n) is 15.6. The van der Waals surface area contributed by atoms with Gasteiger partial charge in [0.1, 0.15) is 11.5 Å². The molecule has 0 radical (unpaired) electrons. The van der Waals surface area contributed by atoms with Gasteiger partial charge in [-0.15, -0.1) is 0 Å². The van der Waals surface area contributed by atoms with E-state index in [9.17, 15) is 14.4 Å². The summed E-state index contributed by atoms with van der Waals surface area (Å²) in [6.07, 6.45) is 1.07. The van der Waals surface area contributed by atoms with Crippen LogP contribution in [0.4, 0.5) is 0 Å². The van der Waals surface area contributed by atoms with Crippen LogP contribution in [0.1, 0.15) is 43.7 Å². The van der Waals surface area contributed by atoms with Gasteiger partial charge in [-0.3, -0.25) is 9.59 Å². The molecule has 2 rings (SSSR count). The van der Waals surface area contributed by atoms with Gasteiger partial charge in [0.25, 0.3) is 0 Å². The highest BCUT2D eigenvalue weighted by atomic mass is 16.6. The molecule has 1 atom stereocenters. The van der Waals surface area contributed by atoms with E-state index in [1.165, 1.54) is 6.92 Å². The quantitative estimate of drug-likeness (QED) is 0.589. The summed E-state index contributed by atoms with van der Waals surface area (Å²) in [6, 6.07) is 6.84. The third-order valence-electron chi connectivity index (χ3n) is 3.58. The van der Waals surface area contributed by atoms with E-state index in [-0.39, 0.29) is 18.0 Å². The SMILES string of the molecule is CC(C(=O)NCc1cccc(-c2ocnc2C(=O)O)c1)C(=O)OC(C)(C)C. The first-order chi connectivity index (χ1) is 12.6. The molecule has 0 bridgehead atoms. The molecule has 0 fully saturated rings. The third-order valence-corrected chi connectivity index (χ3v) is 3.58. The molecule has 0 aliphatic rings. The maximum atomic E-state index is 12.2. The first-order valence-corrected chi connectivity index (χ1v) is 8.35. The van der Waals surface area contributed by atoms with Crippen LogP contribution in [0.25, 0.3) is 11.3 Å². The average Bonchev–Trinajstić information content (AvgIpc) is 3.07. The lowest BCUT2D eigenvalue weighted by Crippen LogP contribution is -2.37. The molecule has 1 aromatic carbocycles. The van der Waals surface area contributed by atoms with Gasteiger partial charge in [-0.05, 0) is 39.3 Å². The Hall–Kier alpha value is -3.16. The van der Waals surface area contributed by atoms with Gasteiger partial charge in [0, 0.05) is 12.1 Å². The molecule has 144 valence electrons. The number of carbonyl (C=O) groups is 3. The van der Waals surface area contributed by atoms with Crippen molar-refractivity contribution in [1.82, 2.24) is 10.3 Å². The first-order valence-electron chi connectivity index (χ1n) is 8.35. The van der Waals surface area contributed by atoms with Crippen LogP contribution < -0.4 is 5.32 Å². The predicted molar refractivity (Wildman–Crippen MR) is 95.8 cm³/mol. The van der Waals surface area contributed by atoms with Crippen molar-refractivity contribution in [2.45, 2.75) is 39.8 Å². The van der Waals surface area contributed by atoms with Gasteiger partial charge in [0.15, 0.2) is 17.8 Å². The molecule has 8 nitrogen and oxygen atoms in total. The third kappa shape index (κ3) is 5.40. The van der Waals surface area contributed by atoms with E-state index in [0.717, 1.165) is 6.39 Å². The van der Waals surface area contributed by atoms with Gasteiger partial charge in [0.05, 0.1) is 0 Å². The number of benzene rings is 1. The number of carboxylic acid groups (broad SMARTS) is 1. The highest BCUT2D eigenvalue weighted by Gasteiger charge is 2.27. The van der Waals surface area contributed by atoms with Crippen LogP contribution in [0.5, 0.6) is 0 Å². The number of rotatable bonds is 6. The number of esters is 1. The van der Waals surface area contributed by atoms with Crippen molar-refractivity contribution in [3.63, 3.8) is 0 Å². The number of aromatic nitrogens is 1. The fourth-order valence-corrected chi connectivity index (χ4v) is 2.27. The van der Waals surface area contributed by atoms with Crippen LogP contribution in [-0.4, -0.2) is 33.5 Å². The fourth-order valence-electron chi connectivity index (χ4n) is 2.27. The van der Waals surface area contributed by atoms with Gasteiger partial charge >= 0.3 is 11.9 Å². The van der Waals surface area contributed by atoms with Gasteiger partial charge in [-0.2, -0.15) is 0 Å². The van der Waals surface area contributed by atoms with E-state index < -0.39 is 29.4 Å². The van der Waals surface area contributed by atoms with Crippen LogP contribution in [-0.2, 0) is 20.9 Å². The molecule has 0 aliphatic heterocycles. The minimum Gasteiger partial charge on any atom is -0.476 e. The number of carbonyl (C=O) groups excluding carboxylic acids is 2. The van der Waals surface area contributed by atoms with Crippen molar-refractivity contribution in [3.05, 3.63) is 41.9 Å². The summed E-state index contributed by atoms with van der Waals surface area (Å²) in [6.45, 7) is 6.84. The smallest absolute Gasteiger partial charge is 0.358 e. The molecule has 0 spiro atoms. The summed E-state index contributed by atoms with van der Waals surface area (Å²) < 4.78 is 10.4. The van der Waals surface area contributed by atoms with E-state index in [4.69, 9.17) is 14.3 Å². The molecule has 2 N–H and O–H groups in total. The summed E-state index contributed by atoms with van der Waals surface area (Å²) in [5.41, 5.74) is 0.385. The average molecular weight is 374 g/mol. The first kappa shape index (κ1) is 20.2. The molecule has 1 aromatic heterocycles.